The number of carbonyl (C=O) groups is 5. The first-order valence-corrected chi connectivity index (χ1v) is 16.5. The van der Waals surface area contributed by atoms with E-state index in [0.29, 0.717) is 35.9 Å². The summed E-state index contributed by atoms with van der Waals surface area (Å²) in [7, 11) is 0. The Balaban J connectivity index is 1.01. The van der Waals surface area contributed by atoms with Crippen molar-refractivity contribution in [3.8, 4) is 0 Å². The van der Waals surface area contributed by atoms with Crippen molar-refractivity contribution in [3.05, 3.63) is 64.2 Å². The van der Waals surface area contributed by atoms with Crippen LogP contribution in [-0.2, 0) is 22.7 Å². The number of piperidine rings is 1. The molecule has 2 fully saturated rings. The van der Waals surface area contributed by atoms with Gasteiger partial charge in [0.25, 0.3) is 17.7 Å². The van der Waals surface area contributed by atoms with Crippen molar-refractivity contribution in [2.24, 2.45) is 5.92 Å². The van der Waals surface area contributed by atoms with E-state index in [2.05, 4.69) is 32.6 Å². The zero-order chi connectivity index (χ0) is 31.5. The predicted molar refractivity (Wildman–Crippen MR) is 170 cm³/mol. The van der Waals surface area contributed by atoms with Gasteiger partial charge in [0, 0.05) is 50.0 Å². The highest BCUT2D eigenvalue weighted by atomic mass is 16.2. The Morgan fingerprint density at radius 3 is 2.11 bits per heavy atom. The maximum absolute atomic E-state index is 13.3. The van der Waals surface area contributed by atoms with Gasteiger partial charge in [0.1, 0.15) is 6.04 Å². The van der Waals surface area contributed by atoms with Gasteiger partial charge in [0.15, 0.2) is 0 Å². The Morgan fingerprint density at radius 1 is 0.911 bits per heavy atom. The zero-order valence-electron chi connectivity index (χ0n) is 26.1. The normalized spacial score (nSPS) is 19.8. The molecule has 1 unspecified atom stereocenters. The van der Waals surface area contributed by atoms with Crippen molar-refractivity contribution in [1.29, 1.82) is 0 Å². The summed E-state index contributed by atoms with van der Waals surface area (Å²) in [6.07, 6.45) is 9.11. The molecule has 6 rings (SSSR count). The molecule has 1 aliphatic carbocycles. The van der Waals surface area contributed by atoms with Crippen LogP contribution in [0, 0.1) is 5.92 Å². The first-order chi connectivity index (χ1) is 21.9. The van der Waals surface area contributed by atoms with Gasteiger partial charge in [-0.15, -0.1) is 0 Å². The number of nitrogens with one attached hydrogen (secondary N) is 2. The van der Waals surface area contributed by atoms with Gasteiger partial charge >= 0.3 is 0 Å². The second-order valence-corrected chi connectivity index (χ2v) is 13.0. The molecule has 0 spiro atoms. The molecule has 0 aromatic heterocycles. The van der Waals surface area contributed by atoms with Gasteiger partial charge < -0.3 is 10.2 Å². The Hall–Kier alpha value is -4.05. The second-order valence-electron chi connectivity index (χ2n) is 13.0. The molecule has 3 aliphatic heterocycles. The van der Waals surface area contributed by atoms with Gasteiger partial charge in [-0.2, -0.15) is 0 Å². The van der Waals surface area contributed by atoms with Crippen LogP contribution in [0.3, 0.4) is 0 Å². The molecule has 0 bridgehead atoms. The molecule has 5 amide bonds. The number of rotatable bonds is 10. The van der Waals surface area contributed by atoms with E-state index in [-0.39, 0.29) is 12.3 Å². The fourth-order valence-electron chi connectivity index (χ4n) is 7.52. The number of hydrogen-bond donors (Lipinski definition) is 2. The lowest BCUT2D eigenvalue weighted by Gasteiger charge is -2.35. The standard InChI is InChI=1S/C35H43N5O5/c1-2-6-31(33(43)36-22-41)40-34(44)29-17-25-20-38(21-26(25)18-30(29)35(40)45)19-23-13-15-39(16-14-23)28-11-9-24(10-12-28)32(42)37-27-7-4-3-5-8-27/h9-12,17-18,22-23,27,31H,2-8,13-16,19-21H2,1H3,(H,37,42)(H,36,41,43). The molecule has 4 aliphatic rings. The number of carbonyl (C=O) groups excluding carboxylic acids is 5. The third-order valence-electron chi connectivity index (χ3n) is 9.97. The highest BCUT2D eigenvalue weighted by molar-refractivity contribution is 6.23. The second kappa shape index (κ2) is 13.5. The van der Waals surface area contributed by atoms with E-state index < -0.39 is 23.8 Å². The van der Waals surface area contributed by atoms with E-state index in [9.17, 15) is 24.0 Å². The van der Waals surface area contributed by atoms with E-state index in [1.165, 1.54) is 19.3 Å². The molecular formula is C35H43N5O5. The lowest BCUT2D eigenvalue weighted by Crippen LogP contribution is -2.49. The van der Waals surface area contributed by atoms with E-state index in [4.69, 9.17) is 0 Å². The molecule has 3 heterocycles. The smallest absolute Gasteiger partial charge is 0.262 e. The van der Waals surface area contributed by atoms with Crippen LogP contribution < -0.4 is 15.5 Å². The lowest BCUT2D eigenvalue weighted by molar-refractivity contribution is -0.128. The predicted octanol–water partition coefficient (Wildman–Crippen LogP) is 4.02. The Bertz CT molecular complexity index is 1410. The topological polar surface area (TPSA) is 119 Å². The molecule has 0 radical (unpaired) electrons. The largest absolute Gasteiger partial charge is 0.372 e. The third-order valence-corrected chi connectivity index (χ3v) is 9.97. The molecule has 1 saturated carbocycles. The zero-order valence-corrected chi connectivity index (χ0v) is 26.1. The minimum atomic E-state index is -1.01. The maximum Gasteiger partial charge on any atom is 0.262 e. The molecule has 2 aromatic carbocycles. The fourth-order valence-corrected chi connectivity index (χ4v) is 7.52. The summed E-state index contributed by atoms with van der Waals surface area (Å²) in [5.41, 5.74) is 4.65. The average Bonchev–Trinajstić information content (AvgIpc) is 3.56. The van der Waals surface area contributed by atoms with Crippen molar-refractivity contribution in [2.45, 2.75) is 89.9 Å². The highest BCUT2D eigenvalue weighted by Crippen LogP contribution is 2.34. The molecule has 2 N–H and O–H groups in total. The Kier molecular flexibility index (Phi) is 9.30. The first kappa shape index (κ1) is 31.0. The number of amides is 5. The van der Waals surface area contributed by atoms with Crippen molar-refractivity contribution in [1.82, 2.24) is 20.4 Å². The molecule has 238 valence electrons. The summed E-state index contributed by atoms with van der Waals surface area (Å²) < 4.78 is 0. The Morgan fingerprint density at radius 2 is 1.53 bits per heavy atom. The van der Waals surface area contributed by atoms with E-state index in [1.807, 2.05) is 31.2 Å². The summed E-state index contributed by atoms with van der Waals surface area (Å²) in [4.78, 5) is 68.5. The minimum absolute atomic E-state index is 0.0257. The van der Waals surface area contributed by atoms with Gasteiger partial charge in [-0.3, -0.25) is 39.1 Å². The van der Waals surface area contributed by atoms with Crippen molar-refractivity contribution >= 4 is 35.7 Å². The van der Waals surface area contributed by atoms with E-state index in [1.54, 1.807) is 0 Å². The first-order valence-electron chi connectivity index (χ1n) is 16.5. The highest BCUT2D eigenvalue weighted by Gasteiger charge is 2.43. The monoisotopic (exact) mass is 613 g/mol. The van der Waals surface area contributed by atoms with Crippen LogP contribution in [0.2, 0.25) is 0 Å². The van der Waals surface area contributed by atoms with Crippen LogP contribution in [0.25, 0.3) is 0 Å². The number of imide groups is 2. The summed E-state index contributed by atoms with van der Waals surface area (Å²) in [5.74, 6) is -1.01. The summed E-state index contributed by atoms with van der Waals surface area (Å²) in [5, 5.41) is 5.30. The average molecular weight is 614 g/mol. The third kappa shape index (κ3) is 6.52. The van der Waals surface area contributed by atoms with E-state index in [0.717, 1.165) is 85.7 Å². The van der Waals surface area contributed by atoms with Crippen LogP contribution in [0.1, 0.15) is 107 Å². The summed E-state index contributed by atoms with van der Waals surface area (Å²) in [6, 6.07) is 11.0. The van der Waals surface area contributed by atoms with Crippen molar-refractivity contribution in [3.63, 3.8) is 0 Å². The summed E-state index contributed by atoms with van der Waals surface area (Å²) >= 11 is 0. The molecule has 45 heavy (non-hydrogen) atoms. The molecule has 1 atom stereocenters. The number of anilines is 1. The van der Waals surface area contributed by atoms with Gasteiger partial charge in [0.05, 0.1) is 11.1 Å². The van der Waals surface area contributed by atoms with Crippen LogP contribution in [-0.4, -0.2) is 71.6 Å². The van der Waals surface area contributed by atoms with Crippen molar-refractivity contribution < 1.29 is 24.0 Å². The van der Waals surface area contributed by atoms with Gasteiger partial charge in [-0.05, 0) is 85.5 Å². The lowest BCUT2D eigenvalue weighted by atomic mass is 9.95. The summed E-state index contributed by atoms with van der Waals surface area (Å²) in [6.45, 7) is 6.18. The fraction of sp³-hybridized carbons (Fsp3) is 0.514. The molecular weight excluding hydrogens is 570 g/mol. The van der Waals surface area contributed by atoms with Gasteiger partial charge in [-0.1, -0.05) is 32.6 Å². The SMILES string of the molecule is CCCC(C(=O)NC=O)N1C(=O)c2cc3c(cc2C1=O)CN(CC1CCN(c2ccc(C(=O)NC4CCCCC4)cc2)CC1)C3. The minimum Gasteiger partial charge on any atom is -0.372 e. The van der Waals surface area contributed by atoms with Crippen LogP contribution >= 0.6 is 0 Å². The van der Waals surface area contributed by atoms with Crippen LogP contribution in [0.15, 0.2) is 36.4 Å². The van der Waals surface area contributed by atoms with E-state index >= 15 is 0 Å². The van der Waals surface area contributed by atoms with Gasteiger partial charge in [-0.25, -0.2) is 0 Å². The maximum atomic E-state index is 13.3. The number of benzene rings is 2. The van der Waals surface area contributed by atoms with Crippen molar-refractivity contribution in [2.75, 3.05) is 24.5 Å². The molecule has 10 heteroatoms. The quantitative estimate of drug-likeness (QED) is 0.307. The molecule has 10 nitrogen and oxygen atoms in total. The number of fused-ring (bicyclic) bond motifs is 2. The van der Waals surface area contributed by atoms with Crippen LogP contribution in [0.4, 0.5) is 5.69 Å². The molecule has 1 saturated heterocycles. The number of hydrogen-bond acceptors (Lipinski definition) is 7. The molecule has 2 aromatic rings. The van der Waals surface area contributed by atoms with Gasteiger partial charge in [0.2, 0.25) is 12.3 Å². The Labute approximate surface area is 264 Å². The van der Waals surface area contributed by atoms with Crippen LogP contribution in [0.5, 0.6) is 0 Å². The number of nitrogens with zero attached hydrogens (tertiary/aromatic N) is 3.